The van der Waals surface area contributed by atoms with E-state index in [1.54, 1.807) is 18.2 Å². The lowest BCUT2D eigenvalue weighted by Crippen LogP contribution is -1.97. The Morgan fingerprint density at radius 3 is 2.65 bits per heavy atom. The van der Waals surface area contributed by atoms with Gasteiger partial charge in [-0.05, 0) is 36.5 Å². The van der Waals surface area contributed by atoms with E-state index in [0.717, 1.165) is 0 Å². The van der Waals surface area contributed by atoms with Crippen molar-refractivity contribution in [3.05, 3.63) is 71.9 Å². The number of aromatic amines is 1. The van der Waals surface area contributed by atoms with Gasteiger partial charge in [-0.3, -0.25) is 10.1 Å². The van der Waals surface area contributed by atoms with Crippen LogP contribution in [-0.4, -0.2) is 26.0 Å². The van der Waals surface area contributed by atoms with Crippen LogP contribution >= 0.6 is 47.0 Å². The Bertz CT molecular complexity index is 1090. The van der Waals surface area contributed by atoms with Crippen molar-refractivity contribution in [3.8, 4) is 11.4 Å². The Hall–Kier alpha value is -2.26. The lowest BCUT2D eigenvalue weighted by molar-refractivity contribution is -0.384. The zero-order chi connectivity index (χ0) is 18.8. The zero-order valence-electron chi connectivity index (χ0n) is 12.7. The summed E-state index contributed by atoms with van der Waals surface area (Å²) in [4.78, 5) is 10.4. The van der Waals surface area contributed by atoms with Crippen molar-refractivity contribution in [2.45, 2.75) is 0 Å². The average Bonchev–Trinajstić information content (AvgIpc) is 2.94. The molecule has 0 unspecified atom stereocenters. The molecule has 1 heterocycles. The normalized spacial score (nSPS) is 11.2. The number of nitrogens with zero attached hydrogens (tertiary/aromatic N) is 4. The van der Waals surface area contributed by atoms with Crippen molar-refractivity contribution in [2.75, 3.05) is 0 Å². The molecule has 0 aliphatic heterocycles. The molecule has 132 valence electrons. The summed E-state index contributed by atoms with van der Waals surface area (Å²) >= 11 is 23.4. The molecule has 0 spiro atoms. The predicted molar refractivity (Wildman–Crippen MR) is 104 cm³/mol. The van der Waals surface area contributed by atoms with Crippen LogP contribution in [0.2, 0.25) is 15.1 Å². The van der Waals surface area contributed by atoms with Gasteiger partial charge in [0, 0.05) is 33.3 Å². The Labute approximate surface area is 167 Å². The van der Waals surface area contributed by atoms with Gasteiger partial charge in [-0.25, -0.2) is 5.10 Å². The monoisotopic (exact) mass is 427 g/mol. The molecule has 26 heavy (non-hydrogen) atoms. The van der Waals surface area contributed by atoms with Gasteiger partial charge in [0.1, 0.15) is 0 Å². The quantitative estimate of drug-likeness (QED) is 0.262. The Morgan fingerprint density at radius 2 is 1.96 bits per heavy atom. The van der Waals surface area contributed by atoms with E-state index >= 15 is 0 Å². The molecule has 3 aromatic rings. The molecule has 0 saturated heterocycles. The standard InChI is InChI=1S/C15H8Cl3N5O2S/c16-9-1-3-11(13(18)6-9)14-20-21-15(26)22(14)19-7-8-5-10(23(24)25)2-4-12(8)17/h1-7H,(H,21,26)/b19-7-. The Kier molecular flexibility index (Phi) is 5.38. The maximum absolute atomic E-state index is 10.9. The summed E-state index contributed by atoms with van der Waals surface area (Å²) in [6.07, 6.45) is 1.36. The van der Waals surface area contributed by atoms with Gasteiger partial charge in [0.25, 0.3) is 5.69 Å². The number of benzene rings is 2. The fourth-order valence-corrected chi connectivity index (χ4v) is 2.95. The number of nitrogens with one attached hydrogen (secondary N) is 1. The van der Waals surface area contributed by atoms with Gasteiger partial charge in [0.2, 0.25) is 4.77 Å². The van der Waals surface area contributed by atoms with Gasteiger partial charge in [-0.1, -0.05) is 34.8 Å². The highest BCUT2D eigenvalue weighted by molar-refractivity contribution is 7.71. The Morgan fingerprint density at radius 1 is 1.19 bits per heavy atom. The largest absolute Gasteiger partial charge is 0.270 e. The molecule has 0 amide bonds. The summed E-state index contributed by atoms with van der Waals surface area (Å²) in [5.41, 5.74) is 0.815. The summed E-state index contributed by atoms with van der Waals surface area (Å²) < 4.78 is 1.54. The molecule has 1 N–H and O–H groups in total. The smallest absolute Gasteiger partial charge is 0.258 e. The minimum absolute atomic E-state index is 0.104. The summed E-state index contributed by atoms with van der Waals surface area (Å²) in [7, 11) is 0. The van der Waals surface area contributed by atoms with E-state index < -0.39 is 4.92 Å². The van der Waals surface area contributed by atoms with Crippen LogP contribution in [0.1, 0.15) is 5.56 Å². The van der Waals surface area contributed by atoms with Crippen LogP contribution in [0.3, 0.4) is 0 Å². The van der Waals surface area contributed by atoms with Gasteiger partial charge in [0.15, 0.2) is 5.82 Å². The van der Waals surface area contributed by atoms with E-state index in [1.807, 2.05) is 0 Å². The third-order valence-corrected chi connectivity index (χ3v) is 4.48. The van der Waals surface area contributed by atoms with Gasteiger partial charge >= 0.3 is 0 Å². The summed E-state index contributed by atoms with van der Waals surface area (Å²) in [5.74, 6) is 0.356. The topological polar surface area (TPSA) is 89.1 Å². The number of nitro groups is 1. The van der Waals surface area contributed by atoms with Crippen molar-refractivity contribution in [1.82, 2.24) is 14.9 Å². The first-order chi connectivity index (χ1) is 12.4. The third-order valence-electron chi connectivity index (χ3n) is 3.33. The fraction of sp³-hybridized carbons (Fsp3) is 0. The molecule has 7 nitrogen and oxygen atoms in total. The number of halogens is 3. The highest BCUT2D eigenvalue weighted by Gasteiger charge is 2.13. The maximum Gasteiger partial charge on any atom is 0.270 e. The molecule has 0 aliphatic carbocycles. The van der Waals surface area contributed by atoms with Crippen LogP contribution in [0.25, 0.3) is 11.4 Å². The van der Waals surface area contributed by atoms with Crippen LogP contribution in [0.5, 0.6) is 0 Å². The SMILES string of the molecule is O=[N+]([O-])c1ccc(Cl)c(/C=N\n2c(-c3ccc(Cl)cc3Cl)n[nH]c2=S)c1. The number of hydrogen-bond acceptors (Lipinski definition) is 5. The van der Waals surface area contributed by atoms with E-state index in [4.69, 9.17) is 47.0 Å². The van der Waals surface area contributed by atoms with Gasteiger partial charge in [-0.15, -0.1) is 0 Å². The van der Waals surface area contributed by atoms with Crippen LogP contribution in [-0.2, 0) is 0 Å². The van der Waals surface area contributed by atoms with Crippen LogP contribution in [0, 0.1) is 14.9 Å². The van der Waals surface area contributed by atoms with E-state index in [1.165, 1.54) is 29.1 Å². The second kappa shape index (κ2) is 7.55. The highest BCUT2D eigenvalue weighted by atomic mass is 35.5. The number of aromatic nitrogens is 3. The maximum atomic E-state index is 10.9. The average molecular weight is 429 g/mol. The third kappa shape index (κ3) is 3.78. The van der Waals surface area contributed by atoms with Crippen molar-refractivity contribution < 1.29 is 4.92 Å². The zero-order valence-corrected chi connectivity index (χ0v) is 15.8. The first kappa shape index (κ1) is 18.5. The molecule has 0 aliphatic rings. The number of H-pyrrole nitrogens is 1. The summed E-state index contributed by atoms with van der Waals surface area (Å²) in [6.45, 7) is 0. The van der Waals surface area contributed by atoms with E-state index in [0.29, 0.717) is 32.0 Å². The number of non-ortho nitro benzene ring substituents is 1. The van der Waals surface area contributed by atoms with Gasteiger partial charge < -0.3 is 0 Å². The Balaban J connectivity index is 2.06. The molecule has 0 fully saturated rings. The number of rotatable bonds is 4. The highest BCUT2D eigenvalue weighted by Crippen LogP contribution is 2.29. The van der Waals surface area contributed by atoms with Crippen LogP contribution in [0.4, 0.5) is 5.69 Å². The minimum atomic E-state index is -0.518. The van der Waals surface area contributed by atoms with E-state index in [9.17, 15) is 10.1 Å². The molecule has 11 heteroatoms. The number of hydrogen-bond donors (Lipinski definition) is 1. The molecule has 2 aromatic carbocycles. The van der Waals surface area contributed by atoms with E-state index in [-0.39, 0.29) is 10.5 Å². The van der Waals surface area contributed by atoms with Crippen LogP contribution < -0.4 is 0 Å². The molecule has 0 saturated carbocycles. The molecular formula is C15H8Cl3N5O2S. The van der Waals surface area contributed by atoms with Crippen molar-refractivity contribution in [1.29, 1.82) is 0 Å². The summed E-state index contributed by atoms with van der Waals surface area (Å²) in [5, 5.41) is 23.0. The van der Waals surface area contributed by atoms with Crippen molar-refractivity contribution in [2.24, 2.45) is 5.10 Å². The minimum Gasteiger partial charge on any atom is -0.258 e. The molecular weight excluding hydrogens is 421 g/mol. The lowest BCUT2D eigenvalue weighted by Gasteiger charge is -2.04. The number of nitro benzene ring substituents is 1. The fourth-order valence-electron chi connectivity index (χ4n) is 2.11. The molecule has 0 bridgehead atoms. The van der Waals surface area contributed by atoms with Crippen molar-refractivity contribution >= 4 is 58.9 Å². The molecule has 0 atom stereocenters. The first-order valence-corrected chi connectivity index (χ1v) is 8.52. The van der Waals surface area contributed by atoms with Crippen molar-refractivity contribution in [3.63, 3.8) is 0 Å². The first-order valence-electron chi connectivity index (χ1n) is 6.98. The van der Waals surface area contributed by atoms with Gasteiger partial charge in [0.05, 0.1) is 16.2 Å². The molecule has 0 radical (unpaired) electrons. The molecule has 3 rings (SSSR count). The molecule has 1 aromatic heterocycles. The van der Waals surface area contributed by atoms with Gasteiger partial charge in [-0.2, -0.15) is 14.9 Å². The second-order valence-electron chi connectivity index (χ2n) is 5.00. The van der Waals surface area contributed by atoms with E-state index in [2.05, 4.69) is 15.3 Å². The predicted octanol–water partition coefficient (Wildman–Crippen LogP) is 5.36. The van der Waals surface area contributed by atoms with Crippen LogP contribution in [0.15, 0.2) is 41.5 Å². The lowest BCUT2D eigenvalue weighted by atomic mass is 10.2. The summed E-state index contributed by atoms with van der Waals surface area (Å²) in [6, 6.07) is 8.95. The second-order valence-corrected chi connectivity index (χ2v) is 6.63.